The molecule has 1 aliphatic rings. The van der Waals surface area contributed by atoms with E-state index >= 15 is 0 Å². The summed E-state index contributed by atoms with van der Waals surface area (Å²) in [5.74, 6) is -0.207. The smallest absolute Gasteiger partial charge is 0.291 e. The highest BCUT2D eigenvalue weighted by atomic mass is 32.2. The first-order chi connectivity index (χ1) is 13.3. The zero-order valence-corrected chi connectivity index (χ0v) is 17.2. The van der Waals surface area contributed by atoms with Crippen molar-refractivity contribution in [2.24, 2.45) is 0 Å². The molecular weight excluding hydrogens is 378 g/mol. The fourth-order valence-corrected chi connectivity index (χ4v) is 4.59. The van der Waals surface area contributed by atoms with E-state index in [1.54, 1.807) is 17.6 Å². The Morgan fingerprint density at radius 2 is 1.86 bits per heavy atom. The van der Waals surface area contributed by atoms with Crippen LogP contribution in [0.1, 0.15) is 25.0 Å². The fourth-order valence-electron chi connectivity index (χ4n) is 3.45. The van der Waals surface area contributed by atoms with E-state index in [0.29, 0.717) is 5.75 Å². The van der Waals surface area contributed by atoms with Gasteiger partial charge in [0.1, 0.15) is 11.8 Å². The molecule has 7 nitrogen and oxygen atoms in total. The van der Waals surface area contributed by atoms with Crippen LogP contribution in [-0.2, 0) is 22.6 Å². The van der Waals surface area contributed by atoms with E-state index in [-0.39, 0.29) is 6.54 Å². The number of aryl methyl sites for hydroxylation is 1. The molecule has 1 aliphatic heterocycles. The van der Waals surface area contributed by atoms with Gasteiger partial charge >= 0.3 is 0 Å². The minimum absolute atomic E-state index is 0.223. The van der Waals surface area contributed by atoms with Gasteiger partial charge < -0.3 is 9.08 Å². The summed E-state index contributed by atoms with van der Waals surface area (Å²) in [6, 6.07) is 14.0. The number of hydrogen-bond acceptors (Lipinski definition) is 5. The van der Waals surface area contributed by atoms with Crippen LogP contribution < -0.4 is 14.6 Å². The molecule has 0 saturated carbocycles. The number of carbonyl (C=O) groups excluding carboxylic acids is 1. The van der Waals surface area contributed by atoms with Gasteiger partial charge in [-0.05, 0) is 44.5 Å². The summed E-state index contributed by atoms with van der Waals surface area (Å²) < 4.78 is 20.3. The summed E-state index contributed by atoms with van der Waals surface area (Å²) in [6.07, 6.45) is 0. The van der Waals surface area contributed by atoms with Crippen molar-refractivity contribution in [2.45, 2.75) is 38.9 Å². The Morgan fingerprint density at radius 3 is 2.50 bits per heavy atom. The van der Waals surface area contributed by atoms with Crippen LogP contribution in [0.2, 0.25) is 0 Å². The van der Waals surface area contributed by atoms with Gasteiger partial charge in [-0.25, -0.2) is 5.48 Å². The summed E-state index contributed by atoms with van der Waals surface area (Å²) in [7, 11) is 1.88. The van der Waals surface area contributed by atoms with Crippen molar-refractivity contribution in [1.29, 1.82) is 0 Å². The monoisotopic (exact) mass is 403 g/mol. The van der Waals surface area contributed by atoms with Gasteiger partial charge in [0, 0.05) is 19.3 Å². The number of rotatable bonds is 4. The van der Waals surface area contributed by atoms with Gasteiger partial charge in [0.15, 0.2) is 0 Å². The third-order valence-corrected chi connectivity index (χ3v) is 6.30. The molecule has 2 aromatic carbocycles. The van der Waals surface area contributed by atoms with Crippen molar-refractivity contribution < 1.29 is 18.4 Å². The molecule has 0 aliphatic carbocycles. The number of amides is 1. The molecule has 1 amide bonds. The highest BCUT2D eigenvalue weighted by Crippen LogP contribution is 2.36. The minimum atomic E-state index is -1.96. The van der Waals surface area contributed by atoms with E-state index in [0.717, 1.165) is 16.8 Å². The summed E-state index contributed by atoms with van der Waals surface area (Å²) in [5, 5.41) is 9.35. The van der Waals surface area contributed by atoms with E-state index in [4.69, 9.17) is 4.18 Å². The highest BCUT2D eigenvalue weighted by molar-refractivity contribution is 7.78. The van der Waals surface area contributed by atoms with Crippen LogP contribution >= 0.6 is 0 Å². The van der Waals surface area contributed by atoms with Crippen LogP contribution in [0.25, 0.3) is 0 Å². The van der Waals surface area contributed by atoms with E-state index < -0.39 is 28.8 Å². The van der Waals surface area contributed by atoms with Gasteiger partial charge in [0.25, 0.3) is 17.2 Å². The number of para-hydroxylation sites is 1. The lowest BCUT2D eigenvalue weighted by Gasteiger charge is -2.42. The number of fused-ring (bicyclic) bond motifs is 1. The first kappa shape index (κ1) is 20.3. The molecule has 0 aromatic heterocycles. The van der Waals surface area contributed by atoms with Crippen molar-refractivity contribution in [3.8, 4) is 5.75 Å². The second kappa shape index (κ2) is 7.90. The van der Waals surface area contributed by atoms with Gasteiger partial charge in [-0.1, -0.05) is 35.9 Å². The lowest BCUT2D eigenvalue weighted by atomic mass is 9.92. The zero-order chi connectivity index (χ0) is 20.5. The second-order valence-electron chi connectivity index (χ2n) is 7.41. The number of anilines is 1. The fraction of sp³-hybridized carbons (Fsp3) is 0.350. The summed E-state index contributed by atoms with van der Waals surface area (Å²) >= 11 is -1.96. The van der Waals surface area contributed by atoms with Crippen molar-refractivity contribution in [1.82, 2.24) is 9.79 Å². The molecule has 0 fully saturated rings. The van der Waals surface area contributed by atoms with Gasteiger partial charge in [-0.2, -0.15) is 8.51 Å². The molecule has 1 heterocycles. The van der Waals surface area contributed by atoms with Crippen LogP contribution in [0.4, 0.5) is 5.69 Å². The van der Waals surface area contributed by atoms with E-state index in [2.05, 4.69) is 0 Å². The minimum Gasteiger partial charge on any atom is -0.389 e. The molecule has 0 radical (unpaired) electrons. The maximum absolute atomic E-state index is 13.2. The number of hydrogen-bond donors (Lipinski definition) is 2. The van der Waals surface area contributed by atoms with Crippen LogP contribution in [0.3, 0.4) is 0 Å². The second-order valence-corrected chi connectivity index (χ2v) is 8.48. The molecule has 2 unspecified atom stereocenters. The third-order valence-electron chi connectivity index (χ3n) is 5.24. The van der Waals surface area contributed by atoms with Crippen molar-refractivity contribution >= 4 is 22.9 Å². The van der Waals surface area contributed by atoms with Gasteiger partial charge in [0.05, 0.1) is 5.54 Å². The molecule has 3 rings (SSSR count). The van der Waals surface area contributed by atoms with E-state index in [1.165, 1.54) is 4.31 Å². The Morgan fingerprint density at radius 1 is 1.21 bits per heavy atom. The predicted molar refractivity (Wildman–Crippen MR) is 108 cm³/mol. The third kappa shape index (κ3) is 3.76. The average molecular weight is 404 g/mol. The standard InChI is InChI=1S/C20H25N3O4S/c1-14-9-11-16(12-10-14)27-28(26)23-13-15-7-5-6-8-17(15)22(4)20(2,3)18(23)19(24)21-25/h5-12,18,25H,13H2,1-4H3,(H,21,24). The summed E-state index contributed by atoms with van der Waals surface area (Å²) in [6.45, 7) is 5.91. The average Bonchev–Trinajstić information content (AvgIpc) is 2.76. The quantitative estimate of drug-likeness (QED) is 0.606. The molecule has 8 heteroatoms. The van der Waals surface area contributed by atoms with Crippen LogP contribution in [0.5, 0.6) is 5.75 Å². The van der Waals surface area contributed by atoms with E-state index in [1.807, 2.05) is 69.1 Å². The maximum Gasteiger partial charge on any atom is 0.291 e. The van der Waals surface area contributed by atoms with Crippen LogP contribution in [0.15, 0.2) is 48.5 Å². The number of carbonyl (C=O) groups is 1. The molecule has 0 spiro atoms. The Bertz CT molecular complexity index is 885. The van der Waals surface area contributed by atoms with Gasteiger partial charge in [0.2, 0.25) is 0 Å². The first-order valence-electron chi connectivity index (χ1n) is 8.95. The summed E-state index contributed by atoms with van der Waals surface area (Å²) in [5.41, 5.74) is 3.83. The molecule has 2 N–H and O–H groups in total. The normalized spacial score (nSPS) is 20.0. The molecule has 2 aromatic rings. The Kier molecular flexibility index (Phi) is 5.74. The zero-order valence-electron chi connectivity index (χ0n) is 16.4. The Balaban J connectivity index is 2.03. The maximum atomic E-state index is 13.2. The Hall–Kier alpha value is -2.42. The van der Waals surface area contributed by atoms with Crippen molar-refractivity contribution in [3.05, 3.63) is 59.7 Å². The van der Waals surface area contributed by atoms with Crippen LogP contribution in [-0.4, -0.2) is 38.3 Å². The first-order valence-corrected chi connectivity index (χ1v) is 9.98. The largest absolute Gasteiger partial charge is 0.389 e. The topological polar surface area (TPSA) is 82.1 Å². The SMILES string of the molecule is Cc1ccc(OS(=O)N2Cc3ccccc3N(C)C(C)(C)C2C(=O)NO)cc1. The van der Waals surface area contributed by atoms with Crippen LogP contribution in [0, 0.1) is 6.92 Å². The van der Waals surface area contributed by atoms with E-state index in [9.17, 15) is 14.2 Å². The predicted octanol–water partition coefficient (Wildman–Crippen LogP) is 2.56. The molecule has 150 valence electrons. The highest BCUT2D eigenvalue weighted by Gasteiger charge is 2.48. The van der Waals surface area contributed by atoms with Gasteiger partial charge in [-0.15, -0.1) is 0 Å². The lowest BCUT2D eigenvalue weighted by Crippen LogP contribution is -2.62. The Labute approximate surface area is 167 Å². The van der Waals surface area contributed by atoms with Crippen molar-refractivity contribution in [2.75, 3.05) is 11.9 Å². The number of benzene rings is 2. The lowest BCUT2D eigenvalue weighted by molar-refractivity contribution is -0.135. The number of nitrogens with zero attached hydrogens (tertiary/aromatic N) is 2. The molecule has 28 heavy (non-hydrogen) atoms. The van der Waals surface area contributed by atoms with Gasteiger partial charge in [-0.3, -0.25) is 10.0 Å². The molecule has 2 atom stereocenters. The molecule has 0 saturated heterocycles. The summed E-state index contributed by atoms with van der Waals surface area (Å²) in [4.78, 5) is 14.6. The number of hydroxylamine groups is 1. The number of likely N-dealkylation sites (N-methyl/N-ethyl adjacent to an activating group) is 1. The molecule has 0 bridgehead atoms. The molecular formula is C20H25N3O4S. The number of nitrogens with one attached hydrogen (secondary N) is 1. The van der Waals surface area contributed by atoms with Crippen molar-refractivity contribution in [3.63, 3.8) is 0 Å².